The summed E-state index contributed by atoms with van der Waals surface area (Å²) in [6.45, 7) is 5.05. The van der Waals surface area contributed by atoms with E-state index in [9.17, 15) is 4.79 Å². The van der Waals surface area contributed by atoms with Crippen molar-refractivity contribution in [3.05, 3.63) is 29.8 Å². The van der Waals surface area contributed by atoms with E-state index in [1.165, 1.54) is 19.3 Å². The van der Waals surface area contributed by atoms with Crippen molar-refractivity contribution in [3.63, 3.8) is 0 Å². The Morgan fingerprint density at radius 1 is 1.33 bits per heavy atom. The molecule has 0 saturated carbocycles. The standard InChI is InChI=1S/C18H27NO2/c1-3-4-5-6-9-14(2)21-18(20)16-12-13-19-17-11-8-7-10-15(16)17/h7-8,10-11,14,16,19H,3-6,9,12-13H2,1-2H3. The maximum Gasteiger partial charge on any atom is 0.313 e. The van der Waals surface area contributed by atoms with Crippen LogP contribution in [0.2, 0.25) is 0 Å². The third-order valence-electron chi connectivity index (χ3n) is 4.15. The van der Waals surface area contributed by atoms with E-state index in [1.54, 1.807) is 0 Å². The summed E-state index contributed by atoms with van der Waals surface area (Å²) >= 11 is 0. The molecule has 116 valence electrons. The Morgan fingerprint density at radius 3 is 2.95 bits per heavy atom. The van der Waals surface area contributed by atoms with Crippen molar-refractivity contribution >= 4 is 11.7 Å². The number of para-hydroxylation sites is 1. The number of fused-ring (bicyclic) bond motifs is 1. The second-order valence-corrected chi connectivity index (χ2v) is 5.95. The molecule has 0 aliphatic carbocycles. The van der Waals surface area contributed by atoms with Gasteiger partial charge in [-0.3, -0.25) is 4.79 Å². The number of hydrogen-bond acceptors (Lipinski definition) is 3. The highest BCUT2D eigenvalue weighted by Crippen LogP contribution is 2.32. The summed E-state index contributed by atoms with van der Waals surface area (Å²) < 4.78 is 5.66. The number of ether oxygens (including phenoxy) is 1. The maximum atomic E-state index is 12.4. The zero-order chi connectivity index (χ0) is 15.1. The van der Waals surface area contributed by atoms with Gasteiger partial charge < -0.3 is 10.1 Å². The highest BCUT2D eigenvalue weighted by Gasteiger charge is 2.28. The number of benzene rings is 1. The van der Waals surface area contributed by atoms with Crippen LogP contribution in [0.1, 0.15) is 63.9 Å². The van der Waals surface area contributed by atoms with Gasteiger partial charge in [0.1, 0.15) is 0 Å². The Hall–Kier alpha value is -1.51. The third kappa shape index (κ3) is 4.48. The summed E-state index contributed by atoms with van der Waals surface area (Å²) in [5, 5.41) is 3.34. The molecule has 2 atom stereocenters. The first-order valence-corrected chi connectivity index (χ1v) is 8.25. The molecule has 0 fully saturated rings. The Morgan fingerprint density at radius 2 is 2.14 bits per heavy atom. The summed E-state index contributed by atoms with van der Waals surface area (Å²) in [6.07, 6.45) is 6.69. The second kappa shape index (κ2) is 8.06. The number of unbranched alkanes of at least 4 members (excludes halogenated alkanes) is 3. The van der Waals surface area contributed by atoms with Gasteiger partial charge in [0, 0.05) is 12.2 Å². The lowest BCUT2D eigenvalue weighted by Crippen LogP contribution is -2.27. The Kier molecular flexibility index (Phi) is 6.09. The Balaban J connectivity index is 1.86. The van der Waals surface area contributed by atoms with E-state index >= 15 is 0 Å². The van der Waals surface area contributed by atoms with Gasteiger partial charge in [-0.2, -0.15) is 0 Å². The number of carbonyl (C=O) groups is 1. The largest absolute Gasteiger partial charge is 0.462 e. The number of carbonyl (C=O) groups excluding carboxylic acids is 1. The second-order valence-electron chi connectivity index (χ2n) is 5.95. The molecule has 2 unspecified atom stereocenters. The Bertz CT molecular complexity index is 458. The normalized spacial score (nSPS) is 18.5. The van der Waals surface area contributed by atoms with Crippen molar-refractivity contribution in [1.29, 1.82) is 0 Å². The fourth-order valence-electron chi connectivity index (χ4n) is 2.91. The topological polar surface area (TPSA) is 38.3 Å². The molecule has 1 aromatic rings. The molecule has 1 aromatic carbocycles. The first-order valence-electron chi connectivity index (χ1n) is 8.25. The number of nitrogens with one attached hydrogen (secondary N) is 1. The molecule has 0 bridgehead atoms. The molecule has 1 heterocycles. The van der Waals surface area contributed by atoms with Crippen molar-refractivity contribution in [3.8, 4) is 0 Å². The lowest BCUT2D eigenvalue weighted by molar-refractivity contribution is -0.150. The summed E-state index contributed by atoms with van der Waals surface area (Å²) in [5.41, 5.74) is 2.15. The third-order valence-corrected chi connectivity index (χ3v) is 4.15. The lowest BCUT2D eigenvalue weighted by Gasteiger charge is -2.26. The highest BCUT2D eigenvalue weighted by atomic mass is 16.5. The minimum atomic E-state index is -0.111. The molecule has 1 aliphatic heterocycles. The smallest absolute Gasteiger partial charge is 0.313 e. The average molecular weight is 289 g/mol. The zero-order valence-corrected chi connectivity index (χ0v) is 13.2. The van der Waals surface area contributed by atoms with Gasteiger partial charge in [0.05, 0.1) is 12.0 Å². The number of esters is 1. The average Bonchev–Trinajstić information content (AvgIpc) is 2.51. The minimum absolute atomic E-state index is 0.0244. The van der Waals surface area contributed by atoms with E-state index in [1.807, 2.05) is 31.2 Å². The van der Waals surface area contributed by atoms with E-state index in [0.717, 1.165) is 37.1 Å². The SMILES string of the molecule is CCCCCCC(C)OC(=O)C1CCNc2ccccc21. The van der Waals surface area contributed by atoms with E-state index in [4.69, 9.17) is 4.74 Å². The number of hydrogen-bond donors (Lipinski definition) is 1. The molecule has 1 N–H and O–H groups in total. The van der Waals surface area contributed by atoms with Gasteiger partial charge in [0.15, 0.2) is 0 Å². The summed E-state index contributed by atoms with van der Waals surface area (Å²) in [6, 6.07) is 8.04. The van der Waals surface area contributed by atoms with Gasteiger partial charge >= 0.3 is 5.97 Å². The molecule has 0 spiro atoms. The van der Waals surface area contributed by atoms with Crippen LogP contribution in [0.15, 0.2) is 24.3 Å². The van der Waals surface area contributed by atoms with E-state index in [2.05, 4.69) is 12.2 Å². The molecule has 2 rings (SSSR count). The van der Waals surface area contributed by atoms with Crippen LogP contribution in [0.5, 0.6) is 0 Å². The fraction of sp³-hybridized carbons (Fsp3) is 0.611. The molecule has 0 saturated heterocycles. The van der Waals surface area contributed by atoms with Crippen molar-refractivity contribution in [2.75, 3.05) is 11.9 Å². The predicted molar refractivity (Wildman–Crippen MR) is 86.6 cm³/mol. The Labute approximate surface area is 128 Å². The van der Waals surface area contributed by atoms with Crippen LogP contribution >= 0.6 is 0 Å². The van der Waals surface area contributed by atoms with Crippen LogP contribution in [0.3, 0.4) is 0 Å². The molecule has 0 aromatic heterocycles. The fourth-order valence-corrected chi connectivity index (χ4v) is 2.91. The van der Waals surface area contributed by atoms with Gasteiger partial charge in [0.2, 0.25) is 0 Å². The van der Waals surface area contributed by atoms with Crippen molar-refractivity contribution < 1.29 is 9.53 Å². The van der Waals surface area contributed by atoms with Crippen LogP contribution in [-0.4, -0.2) is 18.6 Å². The molecule has 3 heteroatoms. The van der Waals surface area contributed by atoms with Crippen LogP contribution in [0.25, 0.3) is 0 Å². The first kappa shape index (κ1) is 15.9. The van der Waals surface area contributed by atoms with Crippen molar-refractivity contribution in [1.82, 2.24) is 0 Å². The summed E-state index contributed by atoms with van der Waals surface area (Å²) in [7, 11) is 0. The van der Waals surface area contributed by atoms with Gasteiger partial charge in [-0.15, -0.1) is 0 Å². The molecule has 1 aliphatic rings. The van der Waals surface area contributed by atoms with Gasteiger partial charge in [-0.25, -0.2) is 0 Å². The minimum Gasteiger partial charge on any atom is -0.462 e. The molecular weight excluding hydrogens is 262 g/mol. The van der Waals surface area contributed by atoms with E-state index in [-0.39, 0.29) is 18.0 Å². The van der Waals surface area contributed by atoms with Gasteiger partial charge in [-0.05, 0) is 37.8 Å². The van der Waals surface area contributed by atoms with E-state index < -0.39 is 0 Å². The lowest BCUT2D eigenvalue weighted by atomic mass is 9.91. The monoisotopic (exact) mass is 289 g/mol. The first-order chi connectivity index (χ1) is 10.2. The van der Waals surface area contributed by atoms with Gasteiger partial charge in [-0.1, -0.05) is 44.4 Å². The molecule has 21 heavy (non-hydrogen) atoms. The van der Waals surface area contributed by atoms with Crippen molar-refractivity contribution in [2.45, 2.75) is 64.4 Å². The van der Waals surface area contributed by atoms with Crippen LogP contribution in [-0.2, 0) is 9.53 Å². The van der Waals surface area contributed by atoms with Crippen LogP contribution in [0, 0.1) is 0 Å². The number of rotatable bonds is 7. The van der Waals surface area contributed by atoms with E-state index in [0.29, 0.717) is 0 Å². The summed E-state index contributed by atoms with van der Waals surface area (Å²) in [5.74, 6) is -0.174. The van der Waals surface area contributed by atoms with Crippen LogP contribution < -0.4 is 5.32 Å². The number of anilines is 1. The highest BCUT2D eigenvalue weighted by molar-refractivity contribution is 5.81. The molecule has 3 nitrogen and oxygen atoms in total. The summed E-state index contributed by atoms with van der Waals surface area (Å²) in [4.78, 5) is 12.4. The van der Waals surface area contributed by atoms with Crippen LogP contribution in [0.4, 0.5) is 5.69 Å². The molecule has 0 amide bonds. The molecular formula is C18H27NO2. The zero-order valence-electron chi connectivity index (χ0n) is 13.2. The maximum absolute atomic E-state index is 12.4. The predicted octanol–water partition coefficient (Wildman–Crippen LogP) is 4.49. The molecule has 0 radical (unpaired) electrons. The van der Waals surface area contributed by atoms with Gasteiger partial charge in [0.25, 0.3) is 0 Å². The van der Waals surface area contributed by atoms with Crippen molar-refractivity contribution in [2.24, 2.45) is 0 Å². The quantitative estimate of drug-likeness (QED) is 0.594.